The van der Waals surface area contributed by atoms with Gasteiger partial charge in [-0.25, -0.2) is 0 Å². The highest BCUT2D eigenvalue weighted by Crippen LogP contribution is 2.23. The normalized spacial score (nSPS) is 10.5. The van der Waals surface area contributed by atoms with Gasteiger partial charge < -0.3 is 10.8 Å². The second kappa shape index (κ2) is 5.09. The molecule has 0 unspecified atom stereocenters. The van der Waals surface area contributed by atoms with Crippen LogP contribution in [0.1, 0.15) is 5.56 Å². The summed E-state index contributed by atoms with van der Waals surface area (Å²) in [5.74, 6) is -0.743. The lowest BCUT2D eigenvalue weighted by atomic mass is 10.2. The minimum atomic E-state index is -0.906. The number of anilines is 1. The molecule has 0 amide bonds. The maximum Gasteiger partial charge on any atom is 0.313 e. The predicted molar refractivity (Wildman–Crippen MR) is 68.9 cm³/mol. The SMILES string of the molecule is Cc1ccc(-n2c(N)nnc2SCC(=O)O)cc1. The van der Waals surface area contributed by atoms with E-state index in [0.717, 1.165) is 23.0 Å². The molecular weight excluding hydrogens is 252 g/mol. The van der Waals surface area contributed by atoms with Crippen molar-refractivity contribution in [3.05, 3.63) is 29.8 Å². The number of carboxylic acid groups (broad SMARTS) is 1. The summed E-state index contributed by atoms with van der Waals surface area (Å²) in [7, 11) is 0. The standard InChI is InChI=1S/C11H12N4O2S/c1-7-2-4-8(5-3-7)15-10(12)13-14-11(15)18-6-9(16)17/h2-5H,6H2,1H3,(H2,12,13)(H,16,17). The molecule has 0 spiro atoms. The molecule has 0 aliphatic carbocycles. The molecule has 0 aliphatic rings. The first-order chi connectivity index (χ1) is 8.58. The van der Waals surface area contributed by atoms with Crippen molar-refractivity contribution in [3.63, 3.8) is 0 Å². The topological polar surface area (TPSA) is 94.0 Å². The summed E-state index contributed by atoms with van der Waals surface area (Å²) < 4.78 is 1.63. The Labute approximate surface area is 108 Å². The molecule has 94 valence electrons. The molecule has 2 aromatic rings. The van der Waals surface area contributed by atoms with Crippen LogP contribution in [0.25, 0.3) is 5.69 Å². The van der Waals surface area contributed by atoms with E-state index in [1.54, 1.807) is 4.57 Å². The number of aryl methyl sites for hydroxylation is 1. The summed E-state index contributed by atoms with van der Waals surface area (Å²) in [6, 6.07) is 7.67. The molecular formula is C11H12N4O2S. The fourth-order valence-electron chi connectivity index (χ4n) is 1.44. The lowest BCUT2D eigenvalue weighted by molar-refractivity contribution is -0.133. The van der Waals surface area contributed by atoms with Crippen LogP contribution < -0.4 is 5.73 Å². The third-order valence-electron chi connectivity index (χ3n) is 2.28. The molecule has 0 saturated heterocycles. The van der Waals surface area contributed by atoms with Gasteiger partial charge in [0.25, 0.3) is 0 Å². The molecule has 18 heavy (non-hydrogen) atoms. The van der Waals surface area contributed by atoms with Crippen LogP contribution in [0, 0.1) is 6.92 Å². The van der Waals surface area contributed by atoms with E-state index in [2.05, 4.69) is 10.2 Å². The van der Waals surface area contributed by atoms with E-state index in [1.807, 2.05) is 31.2 Å². The molecule has 0 bridgehead atoms. The van der Waals surface area contributed by atoms with Crippen molar-refractivity contribution in [1.82, 2.24) is 14.8 Å². The van der Waals surface area contributed by atoms with Crippen molar-refractivity contribution >= 4 is 23.7 Å². The van der Waals surface area contributed by atoms with Gasteiger partial charge in [-0.2, -0.15) is 0 Å². The van der Waals surface area contributed by atoms with E-state index in [-0.39, 0.29) is 11.7 Å². The number of carboxylic acids is 1. The molecule has 7 heteroatoms. The van der Waals surface area contributed by atoms with Crippen LogP contribution in [0.3, 0.4) is 0 Å². The summed E-state index contributed by atoms with van der Waals surface area (Å²) in [4.78, 5) is 10.6. The van der Waals surface area contributed by atoms with E-state index in [0.29, 0.717) is 5.16 Å². The molecule has 0 radical (unpaired) electrons. The molecule has 1 aromatic carbocycles. The highest BCUT2D eigenvalue weighted by Gasteiger charge is 2.13. The number of nitrogens with two attached hydrogens (primary N) is 1. The number of carbonyl (C=O) groups is 1. The van der Waals surface area contributed by atoms with E-state index in [9.17, 15) is 4.79 Å². The monoisotopic (exact) mass is 264 g/mol. The lowest BCUT2D eigenvalue weighted by Crippen LogP contribution is -2.04. The first kappa shape index (κ1) is 12.4. The summed E-state index contributed by atoms with van der Waals surface area (Å²) in [6.07, 6.45) is 0. The number of rotatable bonds is 4. The van der Waals surface area contributed by atoms with Crippen molar-refractivity contribution < 1.29 is 9.90 Å². The van der Waals surface area contributed by atoms with Crippen LogP contribution in [0.2, 0.25) is 0 Å². The van der Waals surface area contributed by atoms with Crippen LogP contribution in [0.4, 0.5) is 5.95 Å². The zero-order valence-corrected chi connectivity index (χ0v) is 10.5. The Morgan fingerprint density at radius 2 is 2.06 bits per heavy atom. The van der Waals surface area contributed by atoms with Crippen molar-refractivity contribution in [2.24, 2.45) is 0 Å². The van der Waals surface area contributed by atoms with Gasteiger partial charge in [-0.15, -0.1) is 10.2 Å². The molecule has 2 rings (SSSR count). The Kier molecular flexibility index (Phi) is 3.52. The molecule has 3 N–H and O–H groups in total. The number of nitrogens with zero attached hydrogens (tertiary/aromatic N) is 3. The first-order valence-electron chi connectivity index (χ1n) is 5.20. The maximum atomic E-state index is 10.6. The molecule has 6 nitrogen and oxygen atoms in total. The number of benzene rings is 1. The smallest absolute Gasteiger partial charge is 0.313 e. The number of hydrogen-bond donors (Lipinski definition) is 2. The number of hydrogen-bond acceptors (Lipinski definition) is 5. The fourth-order valence-corrected chi connectivity index (χ4v) is 2.12. The first-order valence-corrected chi connectivity index (χ1v) is 6.19. The highest BCUT2D eigenvalue weighted by molar-refractivity contribution is 7.99. The highest BCUT2D eigenvalue weighted by atomic mass is 32.2. The Hall–Kier alpha value is -2.02. The third-order valence-corrected chi connectivity index (χ3v) is 3.19. The van der Waals surface area contributed by atoms with Gasteiger partial charge in [-0.05, 0) is 19.1 Å². The zero-order chi connectivity index (χ0) is 13.1. The molecule has 0 aliphatic heterocycles. The molecule has 1 heterocycles. The van der Waals surface area contributed by atoms with Gasteiger partial charge in [0, 0.05) is 0 Å². The minimum Gasteiger partial charge on any atom is -0.481 e. The van der Waals surface area contributed by atoms with Crippen molar-refractivity contribution in [1.29, 1.82) is 0 Å². The van der Waals surface area contributed by atoms with E-state index in [1.165, 1.54) is 0 Å². The van der Waals surface area contributed by atoms with Crippen LogP contribution in [-0.2, 0) is 4.79 Å². The second-order valence-electron chi connectivity index (χ2n) is 3.69. The second-order valence-corrected chi connectivity index (χ2v) is 4.64. The molecule has 0 fully saturated rings. The Morgan fingerprint density at radius 1 is 1.39 bits per heavy atom. The molecule has 0 saturated carbocycles. The lowest BCUT2D eigenvalue weighted by Gasteiger charge is -2.07. The molecule has 0 atom stereocenters. The maximum absolute atomic E-state index is 10.6. The van der Waals surface area contributed by atoms with Gasteiger partial charge >= 0.3 is 5.97 Å². The van der Waals surface area contributed by atoms with E-state index < -0.39 is 5.97 Å². The fraction of sp³-hybridized carbons (Fsp3) is 0.182. The van der Waals surface area contributed by atoms with Gasteiger partial charge in [0.2, 0.25) is 5.95 Å². The van der Waals surface area contributed by atoms with Crippen LogP contribution >= 0.6 is 11.8 Å². The minimum absolute atomic E-state index is 0.0794. The quantitative estimate of drug-likeness (QED) is 0.809. The number of thioether (sulfide) groups is 1. The molecule has 1 aromatic heterocycles. The van der Waals surface area contributed by atoms with E-state index >= 15 is 0 Å². The average Bonchev–Trinajstić information content (AvgIpc) is 2.69. The average molecular weight is 264 g/mol. The van der Waals surface area contributed by atoms with Gasteiger partial charge in [0.1, 0.15) is 0 Å². The number of aliphatic carboxylic acids is 1. The van der Waals surface area contributed by atoms with Crippen LogP contribution in [-0.4, -0.2) is 31.6 Å². The largest absolute Gasteiger partial charge is 0.481 e. The number of aromatic nitrogens is 3. The van der Waals surface area contributed by atoms with Crippen molar-refractivity contribution in [3.8, 4) is 5.69 Å². The van der Waals surface area contributed by atoms with Crippen molar-refractivity contribution in [2.45, 2.75) is 12.1 Å². The van der Waals surface area contributed by atoms with Crippen molar-refractivity contribution in [2.75, 3.05) is 11.5 Å². The van der Waals surface area contributed by atoms with Crippen LogP contribution in [0.15, 0.2) is 29.4 Å². The van der Waals surface area contributed by atoms with Gasteiger partial charge in [-0.1, -0.05) is 29.5 Å². The van der Waals surface area contributed by atoms with Gasteiger partial charge in [0.05, 0.1) is 11.4 Å². The predicted octanol–water partition coefficient (Wildman–Crippen LogP) is 1.33. The van der Waals surface area contributed by atoms with Gasteiger partial charge in [-0.3, -0.25) is 9.36 Å². The Bertz CT molecular complexity index is 565. The zero-order valence-electron chi connectivity index (χ0n) is 9.70. The van der Waals surface area contributed by atoms with Crippen LogP contribution in [0.5, 0.6) is 0 Å². The number of nitrogen functional groups attached to an aromatic ring is 1. The summed E-state index contributed by atoms with van der Waals surface area (Å²) in [5.41, 5.74) is 7.69. The third kappa shape index (κ3) is 2.62. The Balaban J connectivity index is 2.34. The van der Waals surface area contributed by atoms with Gasteiger partial charge in [0.15, 0.2) is 5.16 Å². The van der Waals surface area contributed by atoms with E-state index in [4.69, 9.17) is 10.8 Å². The Morgan fingerprint density at radius 3 is 2.67 bits per heavy atom. The summed E-state index contributed by atoms with van der Waals surface area (Å²) in [6.45, 7) is 1.99. The summed E-state index contributed by atoms with van der Waals surface area (Å²) >= 11 is 1.08. The summed E-state index contributed by atoms with van der Waals surface area (Å²) in [5, 5.41) is 16.8.